The molecule has 0 amide bonds. The molecule has 1 aromatic rings. The van der Waals surface area contributed by atoms with E-state index in [9.17, 15) is 8.42 Å². The summed E-state index contributed by atoms with van der Waals surface area (Å²) in [6.45, 7) is 2.69. The Balaban J connectivity index is 0.00000200. The fraction of sp³-hybridized carbons (Fsp3) is 0.538. The molecule has 1 unspecified atom stereocenters. The van der Waals surface area contributed by atoms with Gasteiger partial charge >= 0.3 is 0 Å². The van der Waals surface area contributed by atoms with Gasteiger partial charge in [0, 0.05) is 18.7 Å². The lowest BCUT2D eigenvalue weighted by molar-refractivity contribution is 0.339. The van der Waals surface area contributed by atoms with Crippen molar-refractivity contribution in [3.63, 3.8) is 0 Å². The Bertz CT molecular complexity index is 532. The van der Waals surface area contributed by atoms with Crippen molar-refractivity contribution in [1.82, 2.24) is 4.72 Å². The first-order valence-electron chi connectivity index (χ1n) is 6.52. The van der Waals surface area contributed by atoms with Gasteiger partial charge in [-0.25, -0.2) is 13.1 Å². The molecule has 0 radical (unpaired) electrons. The number of nitrogens with two attached hydrogens (primary N) is 1. The number of sulfonamides is 1. The van der Waals surface area contributed by atoms with Crippen molar-refractivity contribution in [2.45, 2.75) is 30.7 Å². The predicted octanol–water partition coefficient (Wildman–Crippen LogP) is 1.52. The van der Waals surface area contributed by atoms with Gasteiger partial charge in [0.1, 0.15) is 5.75 Å². The van der Waals surface area contributed by atoms with E-state index in [1.54, 1.807) is 18.2 Å². The minimum atomic E-state index is -3.53. The van der Waals surface area contributed by atoms with Crippen LogP contribution in [0.15, 0.2) is 29.2 Å². The van der Waals surface area contributed by atoms with Gasteiger partial charge in [-0.1, -0.05) is 6.07 Å². The highest BCUT2D eigenvalue weighted by molar-refractivity contribution is 7.89. The number of halogens is 1. The number of rotatable bonds is 7. The number of benzene rings is 1. The van der Waals surface area contributed by atoms with Crippen molar-refractivity contribution >= 4 is 22.4 Å². The van der Waals surface area contributed by atoms with E-state index >= 15 is 0 Å². The Kier molecular flexibility index (Phi) is 6.26. The van der Waals surface area contributed by atoms with Crippen molar-refractivity contribution in [2.75, 3.05) is 13.2 Å². The molecular weight excluding hydrogens is 300 g/mol. The molecule has 1 fully saturated rings. The normalized spacial score (nSPS) is 16.3. The monoisotopic (exact) mass is 320 g/mol. The standard InChI is InChI=1S/C13H20N2O3S.ClH/c1-2-18-11-4-3-5-12(8-11)19(16,17)15-13(9-14)10-6-7-10;/h3-5,8,10,13,15H,2,6-7,9,14H2,1H3;1H. The molecule has 0 aromatic heterocycles. The molecular formula is C13H21ClN2O3S. The zero-order valence-corrected chi connectivity index (χ0v) is 13.0. The van der Waals surface area contributed by atoms with Gasteiger partial charge in [0.2, 0.25) is 10.0 Å². The molecule has 0 saturated heterocycles. The van der Waals surface area contributed by atoms with E-state index < -0.39 is 10.0 Å². The fourth-order valence-electron chi connectivity index (χ4n) is 2.00. The number of hydrogen-bond acceptors (Lipinski definition) is 4. The largest absolute Gasteiger partial charge is 0.494 e. The second kappa shape index (κ2) is 7.26. The molecule has 1 aliphatic carbocycles. The van der Waals surface area contributed by atoms with Gasteiger partial charge in [0.05, 0.1) is 11.5 Å². The van der Waals surface area contributed by atoms with E-state index in [-0.39, 0.29) is 23.3 Å². The summed E-state index contributed by atoms with van der Waals surface area (Å²) in [5.74, 6) is 0.941. The van der Waals surface area contributed by atoms with Crippen LogP contribution in [0.3, 0.4) is 0 Å². The van der Waals surface area contributed by atoms with Crippen molar-refractivity contribution in [3.05, 3.63) is 24.3 Å². The maximum absolute atomic E-state index is 12.3. The molecule has 0 spiro atoms. The third-order valence-electron chi connectivity index (χ3n) is 3.18. The zero-order chi connectivity index (χ0) is 13.9. The smallest absolute Gasteiger partial charge is 0.241 e. The van der Waals surface area contributed by atoms with Gasteiger partial charge in [0.25, 0.3) is 0 Å². The molecule has 5 nitrogen and oxygen atoms in total. The highest BCUT2D eigenvalue weighted by Crippen LogP contribution is 2.33. The summed E-state index contributed by atoms with van der Waals surface area (Å²) in [6.07, 6.45) is 2.09. The quantitative estimate of drug-likeness (QED) is 0.798. The SMILES string of the molecule is CCOc1cccc(S(=O)(=O)NC(CN)C2CC2)c1.Cl. The van der Waals surface area contributed by atoms with Crippen molar-refractivity contribution < 1.29 is 13.2 Å². The number of hydrogen-bond donors (Lipinski definition) is 2. The summed E-state index contributed by atoms with van der Waals surface area (Å²) >= 11 is 0. The summed E-state index contributed by atoms with van der Waals surface area (Å²) in [6, 6.07) is 6.34. The van der Waals surface area contributed by atoms with Crippen LogP contribution in [0.2, 0.25) is 0 Å². The summed E-state index contributed by atoms with van der Waals surface area (Å²) in [5, 5.41) is 0. The van der Waals surface area contributed by atoms with Gasteiger partial charge in [-0.05, 0) is 37.8 Å². The average Bonchev–Trinajstić information content (AvgIpc) is 3.21. The Morgan fingerprint density at radius 2 is 2.15 bits per heavy atom. The first kappa shape index (κ1) is 17.2. The zero-order valence-electron chi connectivity index (χ0n) is 11.4. The van der Waals surface area contributed by atoms with Gasteiger partial charge in [-0.3, -0.25) is 0 Å². The third kappa shape index (κ3) is 4.34. The van der Waals surface area contributed by atoms with Crippen molar-refractivity contribution in [2.24, 2.45) is 11.7 Å². The lowest BCUT2D eigenvalue weighted by atomic mass is 10.2. The Hall–Kier alpha value is -0.820. The van der Waals surface area contributed by atoms with E-state index in [4.69, 9.17) is 10.5 Å². The summed E-state index contributed by atoms with van der Waals surface area (Å²) in [7, 11) is -3.53. The summed E-state index contributed by atoms with van der Waals surface area (Å²) in [4.78, 5) is 0.220. The van der Waals surface area contributed by atoms with E-state index in [2.05, 4.69) is 4.72 Å². The van der Waals surface area contributed by atoms with Crippen LogP contribution in [-0.2, 0) is 10.0 Å². The second-order valence-electron chi connectivity index (χ2n) is 4.71. The van der Waals surface area contributed by atoms with Crippen LogP contribution in [0.1, 0.15) is 19.8 Å². The molecule has 0 bridgehead atoms. The third-order valence-corrected chi connectivity index (χ3v) is 4.67. The molecule has 3 N–H and O–H groups in total. The molecule has 0 aliphatic heterocycles. The van der Waals surface area contributed by atoms with Crippen LogP contribution in [-0.4, -0.2) is 27.6 Å². The Morgan fingerprint density at radius 1 is 1.45 bits per heavy atom. The second-order valence-corrected chi connectivity index (χ2v) is 6.42. The fourth-order valence-corrected chi connectivity index (χ4v) is 3.35. The molecule has 20 heavy (non-hydrogen) atoms. The maximum Gasteiger partial charge on any atom is 0.241 e. The van der Waals surface area contributed by atoms with Gasteiger partial charge in [-0.15, -0.1) is 12.4 Å². The lowest BCUT2D eigenvalue weighted by Crippen LogP contribution is -2.41. The average molecular weight is 321 g/mol. The van der Waals surface area contributed by atoms with Crippen molar-refractivity contribution in [1.29, 1.82) is 0 Å². The topological polar surface area (TPSA) is 81.4 Å². The first-order valence-corrected chi connectivity index (χ1v) is 8.00. The van der Waals surface area contributed by atoms with E-state index in [1.165, 1.54) is 6.07 Å². The number of ether oxygens (including phenoxy) is 1. The highest BCUT2D eigenvalue weighted by Gasteiger charge is 2.33. The van der Waals surface area contributed by atoms with Crippen LogP contribution in [0, 0.1) is 5.92 Å². The Labute approximate surface area is 126 Å². The molecule has 114 valence electrons. The summed E-state index contributed by atoms with van der Waals surface area (Å²) < 4.78 is 32.5. The minimum Gasteiger partial charge on any atom is -0.494 e. The minimum absolute atomic E-state index is 0. The van der Waals surface area contributed by atoms with Gasteiger partial charge in [0.15, 0.2) is 0 Å². The van der Waals surface area contributed by atoms with E-state index in [0.29, 0.717) is 24.8 Å². The van der Waals surface area contributed by atoms with Crippen molar-refractivity contribution in [3.8, 4) is 5.75 Å². The van der Waals surface area contributed by atoms with Crippen LogP contribution in [0.5, 0.6) is 5.75 Å². The molecule has 0 heterocycles. The molecule has 1 atom stereocenters. The molecule has 2 rings (SSSR count). The van der Waals surface area contributed by atoms with Gasteiger partial charge in [-0.2, -0.15) is 0 Å². The van der Waals surface area contributed by atoms with Gasteiger partial charge < -0.3 is 10.5 Å². The van der Waals surface area contributed by atoms with E-state index in [1.807, 2.05) is 6.92 Å². The molecule has 1 saturated carbocycles. The van der Waals surface area contributed by atoms with Crippen LogP contribution < -0.4 is 15.2 Å². The lowest BCUT2D eigenvalue weighted by Gasteiger charge is -2.16. The predicted molar refractivity (Wildman–Crippen MR) is 80.7 cm³/mol. The number of nitrogens with one attached hydrogen (secondary N) is 1. The molecule has 7 heteroatoms. The van der Waals surface area contributed by atoms with Crippen LogP contribution in [0.25, 0.3) is 0 Å². The van der Waals surface area contributed by atoms with Crippen LogP contribution >= 0.6 is 12.4 Å². The Morgan fingerprint density at radius 3 is 2.70 bits per heavy atom. The van der Waals surface area contributed by atoms with Crippen LogP contribution in [0.4, 0.5) is 0 Å². The first-order chi connectivity index (χ1) is 9.06. The highest BCUT2D eigenvalue weighted by atomic mass is 35.5. The van der Waals surface area contributed by atoms with E-state index in [0.717, 1.165) is 12.8 Å². The maximum atomic E-state index is 12.3. The summed E-state index contributed by atoms with van der Waals surface area (Å²) in [5.41, 5.74) is 5.62. The molecule has 1 aromatic carbocycles. The molecule has 1 aliphatic rings.